The summed E-state index contributed by atoms with van der Waals surface area (Å²) in [5.41, 5.74) is 0. The quantitative estimate of drug-likeness (QED) is 0.453. The van der Waals surface area contributed by atoms with E-state index in [1.54, 1.807) is 22.2 Å². The molecule has 20 heavy (non-hydrogen) atoms. The third-order valence-corrected chi connectivity index (χ3v) is 4.14. The van der Waals surface area contributed by atoms with Crippen LogP contribution in [0.25, 0.3) is 0 Å². The minimum Gasteiger partial charge on any atom is -0.289 e. The van der Waals surface area contributed by atoms with Crippen LogP contribution in [0, 0.1) is 0 Å². The third-order valence-electron chi connectivity index (χ3n) is 2.75. The predicted molar refractivity (Wildman–Crippen MR) is 83.3 cm³/mol. The predicted octanol–water partition coefficient (Wildman–Crippen LogP) is 2.31. The first-order valence-electron chi connectivity index (χ1n) is 6.07. The maximum Gasteiger partial charge on any atom is 0.266 e. The van der Waals surface area contributed by atoms with Gasteiger partial charge in [-0.15, -0.1) is 6.58 Å². The molecule has 106 valence electrons. The summed E-state index contributed by atoms with van der Waals surface area (Å²) < 4.78 is 0.557. The van der Waals surface area contributed by atoms with E-state index >= 15 is 0 Å². The van der Waals surface area contributed by atoms with Crippen LogP contribution in [0.1, 0.15) is 6.92 Å². The van der Waals surface area contributed by atoms with Gasteiger partial charge in [0.15, 0.2) is 0 Å². The Kier molecular flexibility index (Phi) is 4.56. The van der Waals surface area contributed by atoms with E-state index < -0.39 is 0 Å². The van der Waals surface area contributed by atoms with Crippen molar-refractivity contribution in [3.05, 3.63) is 35.5 Å². The molecule has 2 heterocycles. The summed E-state index contributed by atoms with van der Waals surface area (Å²) in [6.07, 6.45) is 5.24. The first-order valence-corrected chi connectivity index (χ1v) is 7.30. The zero-order valence-corrected chi connectivity index (χ0v) is 12.9. The lowest BCUT2D eigenvalue weighted by atomic mass is 10.4. The molecule has 0 aromatic carbocycles. The SMILES string of the molecule is C=CCN1C(=O)/C(=C/C=C2\N(C)N=NN2CC)SC1=S. The molecule has 0 radical (unpaired) electrons. The highest BCUT2D eigenvalue weighted by Crippen LogP contribution is 2.31. The zero-order valence-electron chi connectivity index (χ0n) is 11.3. The van der Waals surface area contributed by atoms with Gasteiger partial charge in [0.1, 0.15) is 10.1 Å². The molecule has 2 aliphatic rings. The van der Waals surface area contributed by atoms with Gasteiger partial charge in [0.2, 0.25) is 0 Å². The normalized spacial score (nSPS) is 22.8. The Morgan fingerprint density at radius 3 is 2.80 bits per heavy atom. The number of thioether (sulfide) groups is 1. The van der Waals surface area contributed by atoms with E-state index in [9.17, 15) is 4.79 Å². The molecule has 8 heteroatoms. The lowest BCUT2D eigenvalue weighted by Gasteiger charge is -2.14. The molecule has 0 aromatic rings. The summed E-state index contributed by atoms with van der Waals surface area (Å²) >= 11 is 6.47. The summed E-state index contributed by atoms with van der Waals surface area (Å²) in [7, 11) is 1.81. The molecule has 6 nitrogen and oxygen atoms in total. The van der Waals surface area contributed by atoms with Gasteiger partial charge >= 0.3 is 0 Å². The molecule has 1 amide bonds. The molecule has 0 aromatic heterocycles. The Balaban J connectivity index is 2.18. The first kappa shape index (κ1) is 14.7. The van der Waals surface area contributed by atoms with Crippen LogP contribution in [0.4, 0.5) is 0 Å². The number of allylic oxidation sites excluding steroid dienone is 2. The number of rotatable bonds is 4. The molecular formula is C12H15N5OS2. The molecule has 2 rings (SSSR count). The topological polar surface area (TPSA) is 51.5 Å². The average molecular weight is 309 g/mol. The van der Waals surface area contributed by atoms with Crippen molar-refractivity contribution >= 4 is 34.2 Å². The molecule has 2 aliphatic heterocycles. The molecule has 0 atom stereocenters. The fraction of sp³-hybridized carbons (Fsp3) is 0.333. The number of carbonyl (C=O) groups is 1. The van der Waals surface area contributed by atoms with E-state index in [1.165, 1.54) is 16.7 Å². The van der Waals surface area contributed by atoms with Gasteiger partial charge in [-0.05, 0) is 29.5 Å². The fourth-order valence-electron chi connectivity index (χ4n) is 1.74. The highest BCUT2D eigenvalue weighted by molar-refractivity contribution is 8.26. The van der Waals surface area contributed by atoms with Crippen LogP contribution in [0.15, 0.2) is 46.0 Å². The third kappa shape index (κ3) is 2.75. The van der Waals surface area contributed by atoms with Crippen LogP contribution < -0.4 is 0 Å². The number of thiocarbonyl (C=S) groups is 1. The number of hydrogen-bond donors (Lipinski definition) is 0. The highest BCUT2D eigenvalue weighted by atomic mass is 32.2. The van der Waals surface area contributed by atoms with Gasteiger partial charge in [-0.1, -0.05) is 30.1 Å². The first-order chi connectivity index (χ1) is 9.58. The Hall–Kier alpha value is -1.67. The summed E-state index contributed by atoms with van der Waals surface area (Å²) in [6.45, 7) is 6.76. The second-order valence-electron chi connectivity index (χ2n) is 4.05. The van der Waals surface area contributed by atoms with Crippen LogP contribution in [0.3, 0.4) is 0 Å². The van der Waals surface area contributed by atoms with Crippen molar-refractivity contribution in [2.45, 2.75) is 6.92 Å². The van der Waals surface area contributed by atoms with Gasteiger partial charge in [-0.3, -0.25) is 9.69 Å². The minimum absolute atomic E-state index is 0.0886. The summed E-state index contributed by atoms with van der Waals surface area (Å²) in [6, 6.07) is 0. The van der Waals surface area contributed by atoms with Crippen LogP contribution in [0.2, 0.25) is 0 Å². The van der Waals surface area contributed by atoms with Crippen molar-refractivity contribution in [2.75, 3.05) is 20.1 Å². The second kappa shape index (κ2) is 6.19. The van der Waals surface area contributed by atoms with Gasteiger partial charge in [0, 0.05) is 20.1 Å². The smallest absolute Gasteiger partial charge is 0.266 e. The van der Waals surface area contributed by atoms with Gasteiger partial charge < -0.3 is 0 Å². The molecule has 0 unspecified atom stereocenters. The van der Waals surface area contributed by atoms with Crippen molar-refractivity contribution in [1.82, 2.24) is 14.9 Å². The van der Waals surface area contributed by atoms with Crippen LogP contribution in [0.5, 0.6) is 0 Å². The van der Waals surface area contributed by atoms with Crippen molar-refractivity contribution in [3.63, 3.8) is 0 Å². The zero-order chi connectivity index (χ0) is 14.7. The Labute approximate surface area is 127 Å². The van der Waals surface area contributed by atoms with E-state index in [-0.39, 0.29) is 5.91 Å². The minimum atomic E-state index is -0.0886. The van der Waals surface area contributed by atoms with Gasteiger partial charge in [0.25, 0.3) is 5.91 Å². The summed E-state index contributed by atoms with van der Waals surface area (Å²) in [5, 5.41) is 11.3. The van der Waals surface area contributed by atoms with Gasteiger partial charge in [-0.25, -0.2) is 10.0 Å². The van der Waals surface area contributed by atoms with E-state index in [2.05, 4.69) is 17.0 Å². The molecular weight excluding hydrogens is 294 g/mol. The van der Waals surface area contributed by atoms with E-state index in [0.717, 1.165) is 5.82 Å². The molecule has 1 saturated heterocycles. The Morgan fingerprint density at radius 2 is 2.15 bits per heavy atom. The maximum absolute atomic E-state index is 12.1. The Morgan fingerprint density at radius 1 is 1.40 bits per heavy atom. The lowest BCUT2D eigenvalue weighted by Crippen LogP contribution is -2.27. The van der Waals surface area contributed by atoms with E-state index in [4.69, 9.17) is 12.2 Å². The summed E-state index contributed by atoms with van der Waals surface area (Å²) in [4.78, 5) is 14.3. The molecule has 1 fully saturated rings. The number of nitrogens with zero attached hydrogens (tertiary/aromatic N) is 5. The van der Waals surface area contributed by atoms with Crippen LogP contribution in [-0.2, 0) is 4.79 Å². The molecule has 0 spiro atoms. The summed E-state index contributed by atoms with van der Waals surface area (Å²) in [5.74, 6) is 0.732. The van der Waals surface area contributed by atoms with Crippen LogP contribution >= 0.6 is 24.0 Å². The monoisotopic (exact) mass is 309 g/mol. The van der Waals surface area contributed by atoms with Crippen molar-refractivity contribution < 1.29 is 4.79 Å². The Bertz CT molecular complexity index is 540. The van der Waals surface area contributed by atoms with Gasteiger partial charge in [0.05, 0.1) is 4.91 Å². The maximum atomic E-state index is 12.1. The molecule has 0 bridgehead atoms. The van der Waals surface area contributed by atoms with E-state index in [0.29, 0.717) is 22.3 Å². The van der Waals surface area contributed by atoms with E-state index in [1.807, 2.05) is 20.0 Å². The highest BCUT2D eigenvalue weighted by Gasteiger charge is 2.30. The van der Waals surface area contributed by atoms with Gasteiger partial charge in [-0.2, -0.15) is 0 Å². The fourth-order valence-corrected chi connectivity index (χ4v) is 2.95. The van der Waals surface area contributed by atoms with Crippen molar-refractivity contribution in [1.29, 1.82) is 0 Å². The largest absolute Gasteiger partial charge is 0.289 e. The second-order valence-corrected chi connectivity index (χ2v) is 5.72. The lowest BCUT2D eigenvalue weighted by molar-refractivity contribution is -0.121. The standard InChI is InChI=1S/C12H15N5OS2/c1-4-8-16-11(18)9(20-12(16)19)6-7-10-15(3)13-14-17(10)5-2/h4,6-7H,1,5,8H2,2-3H3/b9-6-,10-7+. The number of amides is 1. The van der Waals surface area contributed by atoms with Crippen molar-refractivity contribution in [3.8, 4) is 0 Å². The molecule has 0 N–H and O–H groups in total. The number of hydrogen-bond acceptors (Lipinski definition) is 7. The van der Waals surface area contributed by atoms with Crippen molar-refractivity contribution in [2.24, 2.45) is 10.4 Å². The molecule has 0 saturated carbocycles. The number of carbonyl (C=O) groups excluding carboxylic acids is 1. The average Bonchev–Trinajstić information content (AvgIpc) is 2.91. The molecule has 0 aliphatic carbocycles. The van der Waals surface area contributed by atoms with Crippen LogP contribution in [-0.4, -0.2) is 45.3 Å².